The van der Waals surface area contributed by atoms with E-state index in [1.807, 2.05) is 39.2 Å². The lowest BCUT2D eigenvalue weighted by Gasteiger charge is -2.29. The summed E-state index contributed by atoms with van der Waals surface area (Å²) < 4.78 is 16.6. The van der Waals surface area contributed by atoms with Crippen LogP contribution in [0.4, 0.5) is 4.79 Å². The average molecular weight is 353 g/mol. The van der Waals surface area contributed by atoms with Crippen LogP contribution < -0.4 is 9.47 Å². The van der Waals surface area contributed by atoms with Gasteiger partial charge in [-0.1, -0.05) is 0 Å². The van der Waals surface area contributed by atoms with E-state index in [0.717, 1.165) is 34.8 Å². The predicted octanol–water partition coefficient (Wildman–Crippen LogP) is 4.50. The van der Waals surface area contributed by atoms with Crippen molar-refractivity contribution in [1.82, 2.24) is 4.90 Å². The molecule has 24 heavy (non-hydrogen) atoms. The fraction of sp³-hybridized carbons (Fsp3) is 0.611. The molecule has 1 fully saturated rings. The molecular weight excluding hydrogens is 326 g/mol. The van der Waals surface area contributed by atoms with Gasteiger partial charge in [-0.2, -0.15) is 0 Å². The first-order valence-corrected chi connectivity index (χ1v) is 9.32. The van der Waals surface area contributed by atoms with Crippen LogP contribution in [0, 0.1) is 0 Å². The Balaban J connectivity index is 2.34. The maximum absolute atomic E-state index is 12.5. The number of rotatable bonds is 4. The summed E-state index contributed by atoms with van der Waals surface area (Å²) in [5, 5.41) is 0. The van der Waals surface area contributed by atoms with E-state index >= 15 is 0 Å². The van der Waals surface area contributed by atoms with Crippen molar-refractivity contribution in [2.45, 2.75) is 50.2 Å². The Morgan fingerprint density at radius 2 is 1.79 bits per heavy atom. The molecule has 134 valence electrons. The molecule has 0 aliphatic carbocycles. The highest BCUT2D eigenvalue weighted by molar-refractivity contribution is 7.98. The molecule has 0 radical (unpaired) electrons. The third-order valence-electron chi connectivity index (χ3n) is 3.95. The molecule has 0 aromatic heterocycles. The van der Waals surface area contributed by atoms with Crippen molar-refractivity contribution in [1.29, 1.82) is 0 Å². The van der Waals surface area contributed by atoms with Crippen LogP contribution in [0.3, 0.4) is 0 Å². The summed E-state index contributed by atoms with van der Waals surface area (Å²) in [7, 11) is 3.30. The second-order valence-electron chi connectivity index (χ2n) is 6.79. The van der Waals surface area contributed by atoms with E-state index in [9.17, 15) is 4.79 Å². The molecule has 1 heterocycles. The minimum Gasteiger partial charge on any atom is -0.495 e. The monoisotopic (exact) mass is 353 g/mol. The molecule has 1 amide bonds. The van der Waals surface area contributed by atoms with Crippen molar-refractivity contribution < 1.29 is 19.0 Å². The van der Waals surface area contributed by atoms with E-state index < -0.39 is 5.60 Å². The molecule has 0 saturated carbocycles. The highest BCUT2D eigenvalue weighted by Gasteiger charge is 2.34. The van der Waals surface area contributed by atoms with Gasteiger partial charge in [0, 0.05) is 6.54 Å². The summed E-state index contributed by atoms with van der Waals surface area (Å²) in [5.74, 6) is 1.54. The Hall–Kier alpha value is -1.56. The maximum Gasteiger partial charge on any atom is 0.410 e. The smallest absolute Gasteiger partial charge is 0.410 e. The molecule has 0 N–H and O–H groups in total. The first kappa shape index (κ1) is 18.8. The molecule has 5 nitrogen and oxygen atoms in total. The van der Waals surface area contributed by atoms with Crippen molar-refractivity contribution in [2.24, 2.45) is 0 Å². The topological polar surface area (TPSA) is 48.0 Å². The van der Waals surface area contributed by atoms with Crippen molar-refractivity contribution in [3.63, 3.8) is 0 Å². The third kappa shape index (κ3) is 4.09. The Morgan fingerprint density at radius 3 is 2.25 bits per heavy atom. The quantitative estimate of drug-likeness (QED) is 0.746. The minimum absolute atomic E-state index is 0.0152. The zero-order valence-corrected chi connectivity index (χ0v) is 16.2. The number of thioether (sulfide) groups is 1. The lowest BCUT2D eigenvalue weighted by molar-refractivity contribution is 0.0224. The maximum atomic E-state index is 12.5. The molecule has 1 aromatic rings. The number of carbonyl (C=O) groups excluding carboxylic acids is 1. The number of methoxy groups -OCH3 is 2. The molecule has 2 rings (SSSR count). The standard InChI is InChI=1S/C18H27NO4S/c1-18(2,3)23-17(20)19-9-7-8-13(19)12-10-14(21-4)16(24-6)15(11-12)22-5/h10-11,13H,7-9H2,1-6H3. The normalized spacial score (nSPS) is 17.8. The second kappa shape index (κ2) is 7.55. The molecule has 0 bridgehead atoms. The fourth-order valence-electron chi connectivity index (χ4n) is 2.95. The van der Waals surface area contributed by atoms with Gasteiger partial charge in [0.2, 0.25) is 0 Å². The zero-order chi connectivity index (χ0) is 17.9. The largest absolute Gasteiger partial charge is 0.495 e. The number of likely N-dealkylation sites (tertiary alicyclic amines) is 1. The summed E-state index contributed by atoms with van der Waals surface area (Å²) in [5.41, 5.74) is 0.521. The molecule has 1 aliphatic rings. The van der Waals surface area contributed by atoms with Gasteiger partial charge in [-0.05, 0) is 57.6 Å². The number of nitrogens with zero attached hydrogens (tertiary/aromatic N) is 1. The van der Waals surface area contributed by atoms with Gasteiger partial charge in [0.1, 0.15) is 17.1 Å². The van der Waals surface area contributed by atoms with Crippen LogP contribution in [0.15, 0.2) is 17.0 Å². The lowest BCUT2D eigenvalue weighted by atomic mass is 10.0. The van der Waals surface area contributed by atoms with Gasteiger partial charge in [0.25, 0.3) is 0 Å². The summed E-state index contributed by atoms with van der Waals surface area (Å²) in [6.45, 7) is 6.36. The number of amides is 1. The fourth-order valence-corrected chi connectivity index (χ4v) is 3.63. The summed E-state index contributed by atoms with van der Waals surface area (Å²) in [6.07, 6.45) is 3.59. The highest BCUT2D eigenvalue weighted by atomic mass is 32.2. The van der Waals surface area contributed by atoms with E-state index in [0.29, 0.717) is 6.54 Å². The Labute approximate surface area is 148 Å². The van der Waals surface area contributed by atoms with Crippen LogP contribution >= 0.6 is 11.8 Å². The summed E-state index contributed by atoms with van der Waals surface area (Å²) >= 11 is 1.58. The molecule has 1 atom stereocenters. The number of hydrogen-bond donors (Lipinski definition) is 0. The van der Waals surface area contributed by atoms with E-state index in [4.69, 9.17) is 14.2 Å². The van der Waals surface area contributed by atoms with E-state index in [1.165, 1.54) is 0 Å². The van der Waals surface area contributed by atoms with Gasteiger partial charge < -0.3 is 19.1 Å². The average Bonchev–Trinajstić information content (AvgIpc) is 3.01. The van der Waals surface area contributed by atoms with Crippen LogP contribution in [-0.4, -0.2) is 43.6 Å². The van der Waals surface area contributed by atoms with Gasteiger partial charge in [0.15, 0.2) is 0 Å². The van der Waals surface area contributed by atoms with Crippen molar-refractivity contribution in [2.75, 3.05) is 27.0 Å². The van der Waals surface area contributed by atoms with Gasteiger partial charge in [-0.25, -0.2) is 4.79 Å². The minimum atomic E-state index is -0.498. The molecule has 1 unspecified atom stereocenters. The Bertz CT molecular complexity index is 572. The van der Waals surface area contributed by atoms with Crippen molar-refractivity contribution in [3.8, 4) is 11.5 Å². The number of carbonyl (C=O) groups is 1. The SMILES string of the molecule is COc1cc(C2CCCN2C(=O)OC(C)(C)C)cc(OC)c1SC. The van der Waals surface area contributed by atoms with E-state index in [-0.39, 0.29) is 12.1 Å². The molecule has 1 saturated heterocycles. The highest BCUT2D eigenvalue weighted by Crippen LogP contribution is 2.42. The number of ether oxygens (including phenoxy) is 3. The van der Waals surface area contributed by atoms with Crippen LogP contribution in [0.5, 0.6) is 11.5 Å². The molecule has 0 spiro atoms. The van der Waals surface area contributed by atoms with E-state index in [2.05, 4.69) is 0 Å². The van der Waals surface area contributed by atoms with Crippen molar-refractivity contribution in [3.05, 3.63) is 17.7 Å². The van der Waals surface area contributed by atoms with Crippen LogP contribution in [-0.2, 0) is 4.74 Å². The van der Waals surface area contributed by atoms with Gasteiger partial charge in [-0.3, -0.25) is 0 Å². The van der Waals surface area contributed by atoms with Crippen LogP contribution in [0.25, 0.3) is 0 Å². The molecule has 1 aliphatic heterocycles. The second-order valence-corrected chi connectivity index (χ2v) is 7.61. The zero-order valence-electron chi connectivity index (χ0n) is 15.3. The predicted molar refractivity (Wildman–Crippen MR) is 96.2 cm³/mol. The molecular formula is C18H27NO4S. The van der Waals surface area contributed by atoms with Gasteiger partial charge in [0.05, 0.1) is 25.2 Å². The van der Waals surface area contributed by atoms with Crippen LogP contribution in [0.2, 0.25) is 0 Å². The van der Waals surface area contributed by atoms with Crippen LogP contribution in [0.1, 0.15) is 45.2 Å². The first-order valence-electron chi connectivity index (χ1n) is 8.10. The first-order chi connectivity index (χ1) is 11.3. The lowest BCUT2D eigenvalue weighted by Crippen LogP contribution is -2.36. The Morgan fingerprint density at radius 1 is 1.21 bits per heavy atom. The number of benzene rings is 1. The molecule has 6 heteroatoms. The van der Waals surface area contributed by atoms with E-state index in [1.54, 1.807) is 30.9 Å². The van der Waals surface area contributed by atoms with Crippen molar-refractivity contribution >= 4 is 17.9 Å². The Kier molecular flexibility index (Phi) is 5.91. The van der Waals surface area contributed by atoms with Gasteiger partial charge >= 0.3 is 6.09 Å². The number of hydrogen-bond acceptors (Lipinski definition) is 5. The molecule has 1 aromatic carbocycles. The third-order valence-corrected chi connectivity index (χ3v) is 4.76. The summed E-state index contributed by atoms with van der Waals surface area (Å²) in [4.78, 5) is 15.3. The van der Waals surface area contributed by atoms with Gasteiger partial charge in [-0.15, -0.1) is 11.8 Å². The summed E-state index contributed by atoms with van der Waals surface area (Å²) in [6, 6.07) is 3.99.